The summed E-state index contributed by atoms with van der Waals surface area (Å²) in [6.45, 7) is 5.96. The van der Waals surface area contributed by atoms with Crippen LogP contribution in [0, 0.1) is 26.6 Å². The third-order valence-electron chi connectivity index (χ3n) is 5.08. The molecule has 0 aliphatic rings. The average Bonchev–Trinajstić information content (AvgIpc) is 3.37. The molecule has 1 aromatic carbocycles. The summed E-state index contributed by atoms with van der Waals surface area (Å²) in [5.41, 5.74) is 3.71. The molecule has 1 amide bonds. The van der Waals surface area contributed by atoms with Crippen molar-refractivity contribution in [1.82, 2.24) is 4.98 Å². The molecule has 0 radical (unpaired) electrons. The molecular weight excluding hydrogens is 413 g/mol. The summed E-state index contributed by atoms with van der Waals surface area (Å²) in [4.78, 5) is 18.3. The number of nitrogens with one attached hydrogen (secondary N) is 2. The first kappa shape index (κ1) is 20.8. The van der Waals surface area contributed by atoms with Gasteiger partial charge in [-0.1, -0.05) is 18.2 Å². The highest BCUT2D eigenvalue weighted by atomic mass is 32.1. The summed E-state index contributed by atoms with van der Waals surface area (Å²) in [5, 5.41) is 7.17. The number of nitrogens with zero attached hydrogens (tertiary/aromatic N) is 1. The molecule has 31 heavy (non-hydrogen) atoms. The van der Waals surface area contributed by atoms with E-state index in [1.807, 2.05) is 39.0 Å². The molecule has 4 rings (SSSR count). The molecule has 1 atom stereocenters. The highest BCUT2D eigenvalue weighted by molar-refractivity contribution is 7.16. The van der Waals surface area contributed by atoms with Gasteiger partial charge in [-0.3, -0.25) is 4.79 Å². The maximum absolute atomic E-state index is 13.6. The van der Waals surface area contributed by atoms with Crippen LogP contribution >= 0.6 is 11.3 Å². The van der Waals surface area contributed by atoms with E-state index in [-0.39, 0.29) is 23.5 Å². The molecule has 5 nitrogen and oxygen atoms in total. The van der Waals surface area contributed by atoms with E-state index in [4.69, 9.17) is 4.42 Å². The molecule has 0 aliphatic carbocycles. The standard InChI is InChI=1S/C24H22FN3O2S/c1-14-6-4-8-20(26-14)27-22(17-9-11-18(25)12-10-17)21-15(2)16(3)31-24(21)28-23(29)19-7-5-13-30-19/h4-13,22H,1-3H3,(H,26,27)(H,28,29). The van der Waals surface area contributed by atoms with E-state index in [9.17, 15) is 9.18 Å². The fourth-order valence-corrected chi connectivity index (χ4v) is 4.50. The second-order valence-corrected chi connectivity index (χ2v) is 8.48. The number of rotatable bonds is 6. The zero-order chi connectivity index (χ0) is 22.0. The number of carbonyl (C=O) groups is 1. The number of aryl methyl sites for hydroxylation is 2. The molecule has 1 unspecified atom stereocenters. The van der Waals surface area contributed by atoms with Gasteiger partial charge in [0.2, 0.25) is 0 Å². The monoisotopic (exact) mass is 435 g/mol. The highest BCUT2D eigenvalue weighted by Crippen LogP contribution is 2.41. The lowest BCUT2D eigenvalue weighted by atomic mass is 9.96. The normalized spacial score (nSPS) is 11.9. The van der Waals surface area contributed by atoms with Crippen LogP contribution in [0.25, 0.3) is 0 Å². The van der Waals surface area contributed by atoms with Crippen molar-refractivity contribution in [3.63, 3.8) is 0 Å². The fourth-order valence-electron chi connectivity index (χ4n) is 3.41. The van der Waals surface area contributed by atoms with Crippen molar-refractivity contribution in [3.8, 4) is 0 Å². The van der Waals surface area contributed by atoms with Crippen LogP contribution in [-0.2, 0) is 0 Å². The Morgan fingerprint density at radius 3 is 2.52 bits per heavy atom. The first-order chi connectivity index (χ1) is 14.9. The molecule has 3 heterocycles. The van der Waals surface area contributed by atoms with Gasteiger partial charge in [0, 0.05) is 16.1 Å². The number of halogens is 1. The quantitative estimate of drug-likeness (QED) is 0.375. The van der Waals surface area contributed by atoms with Crippen molar-refractivity contribution in [2.75, 3.05) is 10.6 Å². The van der Waals surface area contributed by atoms with E-state index in [0.29, 0.717) is 10.8 Å². The van der Waals surface area contributed by atoms with Gasteiger partial charge >= 0.3 is 0 Å². The van der Waals surface area contributed by atoms with Crippen LogP contribution in [0.4, 0.5) is 15.2 Å². The summed E-state index contributed by atoms with van der Waals surface area (Å²) in [5.74, 6) is 0.307. The summed E-state index contributed by atoms with van der Waals surface area (Å²) in [7, 11) is 0. The Bertz CT molecular complexity index is 1200. The van der Waals surface area contributed by atoms with E-state index in [1.54, 1.807) is 24.3 Å². The van der Waals surface area contributed by atoms with Crippen LogP contribution in [0.2, 0.25) is 0 Å². The third kappa shape index (κ3) is 4.51. The molecule has 0 aliphatic heterocycles. The van der Waals surface area contributed by atoms with Crippen LogP contribution in [0.1, 0.15) is 43.9 Å². The van der Waals surface area contributed by atoms with E-state index in [0.717, 1.165) is 27.3 Å². The zero-order valence-electron chi connectivity index (χ0n) is 17.4. The lowest BCUT2D eigenvalue weighted by molar-refractivity contribution is 0.0997. The highest BCUT2D eigenvalue weighted by Gasteiger charge is 2.25. The summed E-state index contributed by atoms with van der Waals surface area (Å²) < 4.78 is 18.9. The Morgan fingerprint density at radius 2 is 1.84 bits per heavy atom. The van der Waals surface area contributed by atoms with E-state index < -0.39 is 0 Å². The first-order valence-electron chi connectivity index (χ1n) is 9.83. The van der Waals surface area contributed by atoms with Crippen molar-refractivity contribution in [1.29, 1.82) is 0 Å². The fraction of sp³-hybridized carbons (Fsp3) is 0.167. The predicted molar refractivity (Wildman–Crippen MR) is 121 cm³/mol. The van der Waals surface area contributed by atoms with Gasteiger partial charge in [-0.15, -0.1) is 11.3 Å². The molecule has 3 aromatic heterocycles. The summed E-state index contributed by atoms with van der Waals surface area (Å²) >= 11 is 1.50. The molecule has 0 fully saturated rings. The van der Waals surface area contributed by atoms with Crippen molar-refractivity contribution < 1.29 is 13.6 Å². The van der Waals surface area contributed by atoms with Crippen LogP contribution in [0.3, 0.4) is 0 Å². The molecule has 7 heteroatoms. The van der Waals surface area contributed by atoms with Gasteiger partial charge in [0.1, 0.15) is 16.6 Å². The maximum Gasteiger partial charge on any atom is 0.291 e. The third-order valence-corrected chi connectivity index (χ3v) is 6.21. The molecule has 2 N–H and O–H groups in total. The molecule has 0 saturated carbocycles. The van der Waals surface area contributed by atoms with Gasteiger partial charge in [0.05, 0.1) is 12.3 Å². The number of pyridine rings is 1. The minimum Gasteiger partial charge on any atom is -0.459 e. The minimum absolute atomic E-state index is 0.237. The van der Waals surface area contributed by atoms with E-state index in [1.165, 1.54) is 29.7 Å². The molecular formula is C24H22FN3O2S. The van der Waals surface area contributed by atoms with Crippen LogP contribution in [0.15, 0.2) is 65.3 Å². The smallest absolute Gasteiger partial charge is 0.291 e. The van der Waals surface area contributed by atoms with Crippen molar-refractivity contribution >= 4 is 28.1 Å². The van der Waals surface area contributed by atoms with Gasteiger partial charge in [-0.25, -0.2) is 9.37 Å². The number of thiophene rings is 1. The Labute approximate surface area is 184 Å². The summed E-state index contributed by atoms with van der Waals surface area (Å²) in [6, 6.07) is 15.0. The van der Waals surface area contributed by atoms with Crippen LogP contribution in [-0.4, -0.2) is 10.9 Å². The van der Waals surface area contributed by atoms with Crippen molar-refractivity contribution in [2.45, 2.75) is 26.8 Å². The number of anilines is 2. The molecule has 4 aromatic rings. The van der Waals surface area contributed by atoms with Gasteiger partial charge in [-0.2, -0.15) is 0 Å². The van der Waals surface area contributed by atoms with Gasteiger partial charge in [0.25, 0.3) is 5.91 Å². The van der Waals surface area contributed by atoms with E-state index in [2.05, 4.69) is 15.6 Å². The number of hydrogen-bond acceptors (Lipinski definition) is 5. The molecule has 0 bridgehead atoms. The zero-order valence-corrected chi connectivity index (χ0v) is 18.2. The molecule has 0 spiro atoms. The number of aromatic nitrogens is 1. The van der Waals surface area contributed by atoms with Gasteiger partial charge in [-0.05, 0) is 68.3 Å². The number of benzene rings is 1. The Morgan fingerprint density at radius 1 is 1.06 bits per heavy atom. The summed E-state index contributed by atoms with van der Waals surface area (Å²) in [6.07, 6.45) is 1.47. The number of carbonyl (C=O) groups excluding carboxylic acids is 1. The van der Waals surface area contributed by atoms with Gasteiger partial charge < -0.3 is 15.1 Å². The average molecular weight is 436 g/mol. The predicted octanol–water partition coefficient (Wildman–Crippen LogP) is 6.25. The number of hydrogen-bond donors (Lipinski definition) is 2. The largest absolute Gasteiger partial charge is 0.459 e. The molecule has 0 saturated heterocycles. The lowest BCUT2D eigenvalue weighted by Gasteiger charge is -2.22. The Hall–Kier alpha value is -3.45. The molecule has 158 valence electrons. The SMILES string of the molecule is Cc1cccc(NC(c2ccc(F)cc2)c2c(NC(=O)c3ccco3)sc(C)c2C)n1. The Balaban J connectivity index is 1.78. The van der Waals surface area contributed by atoms with Crippen LogP contribution < -0.4 is 10.6 Å². The second kappa shape index (κ2) is 8.73. The topological polar surface area (TPSA) is 67.2 Å². The van der Waals surface area contributed by atoms with Crippen LogP contribution in [0.5, 0.6) is 0 Å². The number of amides is 1. The van der Waals surface area contributed by atoms with Crippen molar-refractivity contribution in [2.24, 2.45) is 0 Å². The van der Waals surface area contributed by atoms with Crippen molar-refractivity contribution in [3.05, 3.63) is 99.7 Å². The Kier molecular flexibility index (Phi) is 5.86. The lowest BCUT2D eigenvalue weighted by Crippen LogP contribution is -2.18. The minimum atomic E-state index is -0.341. The van der Waals surface area contributed by atoms with E-state index >= 15 is 0 Å². The van der Waals surface area contributed by atoms with Gasteiger partial charge in [0.15, 0.2) is 5.76 Å². The second-order valence-electron chi connectivity index (χ2n) is 7.25. The number of furan rings is 1. The maximum atomic E-state index is 13.6. The first-order valence-corrected chi connectivity index (χ1v) is 10.6.